The van der Waals surface area contributed by atoms with Crippen LogP contribution in [0.15, 0.2) is 126 Å². The predicted molar refractivity (Wildman–Crippen MR) is 148 cm³/mol. The van der Waals surface area contributed by atoms with Gasteiger partial charge in [-0.05, 0) is 66.7 Å². The number of benzene rings is 3. The summed E-state index contributed by atoms with van der Waals surface area (Å²) in [7, 11) is 1.64. The number of aromatic nitrogens is 3. The molecule has 3 heterocycles. The van der Waals surface area contributed by atoms with E-state index in [1.54, 1.807) is 19.5 Å². The first kappa shape index (κ1) is 23.1. The molecule has 3 aromatic carbocycles. The third kappa shape index (κ3) is 4.37. The van der Waals surface area contributed by atoms with E-state index in [-0.39, 0.29) is 5.91 Å². The Balaban J connectivity index is 1.51. The summed E-state index contributed by atoms with van der Waals surface area (Å²) in [4.78, 5) is 18.0. The fourth-order valence-electron chi connectivity index (χ4n) is 4.34. The SMILES string of the molecule is COc1ccc(-c2nn(-c3ccccc3)cc2C=C2C(=O)N(c3ccccc3)N=C2c2cccnc2)cc1. The molecule has 0 atom stereocenters. The largest absolute Gasteiger partial charge is 0.497 e. The van der Waals surface area contributed by atoms with Crippen molar-refractivity contribution in [2.75, 3.05) is 12.1 Å². The van der Waals surface area contributed by atoms with Gasteiger partial charge in [-0.2, -0.15) is 15.2 Å². The number of hydrogen-bond acceptors (Lipinski definition) is 5. The molecule has 0 N–H and O–H groups in total. The van der Waals surface area contributed by atoms with E-state index in [0.717, 1.165) is 33.8 Å². The van der Waals surface area contributed by atoms with Crippen LogP contribution in [0.3, 0.4) is 0 Å². The van der Waals surface area contributed by atoms with Crippen molar-refractivity contribution in [2.45, 2.75) is 0 Å². The lowest BCUT2D eigenvalue weighted by Gasteiger charge is -2.10. The van der Waals surface area contributed by atoms with Gasteiger partial charge in [0.15, 0.2) is 0 Å². The molecule has 0 aliphatic carbocycles. The highest BCUT2D eigenvalue weighted by molar-refractivity contribution is 6.37. The zero-order chi connectivity index (χ0) is 25.9. The van der Waals surface area contributed by atoms with E-state index < -0.39 is 0 Å². The third-order valence-electron chi connectivity index (χ3n) is 6.24. The zero-order valence-electron chi connectivity index (χ0n) is 20.6. The second kappa shape index (κ2) is 9.99. The average Bonchev–Trinajstić information content (AvgIpc) is 3.56. The van der Waals surface area contributed by atoms with Gasteiger partial charge in [-0.1, -0.05) is 36.4 Å². The number of amides is 1. The quantitative estimate of drug-likeness (QED) is 0.279. The summed E-state index contributed by atoms with van der Waals surface area (Å²) in [6, 6.07) is 30.7. The van der Waals surface area contributed by atoms with Gasteiger partial charge in [0.25, 0.3) is 5.91 Å². The van der Waals surface area contributed by atoms with E-state index in [0.29, 0.717) is 17.0 Å². The van der Waals surface area contributed by atoms with Crippen LogP contribution in [0.4, 0.5) is 5.69 Å². The maximum Gasteiger partial charge on any atom is 0.281 e. The lowest BCUT2D eigenvalue weighted by Crippen LogP contribution is -2.21. The summed E-state index contributed by atoms with van der Waals surface area (Å²) in [6.45, 7) is 0. The monoisotopic (exact) mass is 497 g/mol. The van der Waals surface area contributed by atoms with E-state index >= 15 is 0 Å². The van der Waals surface area contributed by atoms with Gasteiger partial charge in [-0.25, -0.2) is 4.68 Å². The number of carbonyl (C=O) groups excluding carboxylic acids is 1. The fourth-order valence-corrected chi connectivity index (χ4v) is 4.34. The predicted octanol–water partition coefficient (Wildman–Crippen LogP) is 5.78. The van der Waals surface area contributed by atoms with E-state index in [1.165, 1.54) is 5.01 Å². The summed E-state index contributed by atoms with van der Waals surface area (Å²) in [5, 5.41) is 11.1. The van der Waals surface area contributed by atoms with Crippen molar-refractivity contribution in [1.82, 2.24) is 14.8 Å². The Morgan fingerprint density at radius 1 is 0.789 bits per heavy atom. The molecule has 7 heteroatoms. The maximum absolute atomic E-state index is 13.8. The molecule has 6 rings (SSSR count). The van der Waals surface area contributed by atoms with Crippen molar-refractivity contribution in [1.29, 1.82) is 0 Å². The van der Waals surface area contributed by atoms with E-state index in [4.69, 9.17) is 14.9 Å². The first-order valence-corrected chi connectivity index (χ1v) is 12.1. The molecule has 5 aromatic rings. The molecule has 0 saturated carbocycles. The van der Waals surface area contributed by atoms with Crippen molar-refractivity contribution in [3.63, 3.8) is 0 Å². The first-order chi connectivity index (χ1) is 18.7. The minimum atomic E-state index is -0.219. The van der Waals surface area contributed by atoms with Crippen LogP contribution in [-0.2, 0) is 4.79 Å². The minimum absolute atomic E-state index is 0.219. The second-order valence-corrected chi connectivity index (χ2v) is 8.64. The van der Waals surface area contributed by atoms with Crippen LogP contribution in [0.1, 0.15) is 11.1 Å². The minimum Gasteiger partial charge on any atom is -0.497 e. The van der Waals surface area contributed by atoms with Gasteiger partial charge in [0.05, 0.1) is 29.8 Å². The fraction of sp³-hybridized carbons (Fsp3) is 0.0323. The summed E-state index contributed by atoms with van der Waals surface area (Å²) in [6.07, 6.45) is 7.21. The van der Waals surface area contributed by atoms with Crippen molar-refractivity contribution in [3.05, 3.63) is 132 Å². The number of para-hydroxylation sites is 2. The number of rotatable bonds is 6. The number of carbonyl (C=O) groups is 1. The average molecular weight is 498 g/mol. The van der Waals surface area contributed by atoms with Gasteiger partial charge in [-0.3, -0.25) is 9.78 Å². The van der Waals surface area contributed by atoms with Crippen molar-refractivity contribution < 1.29 is 9.53 Å². The number of pyridine rings is 1. The highest BCUT2D eigenvalue weighted by Gasteiger charge is 2.32. The Bertz CT molecular complexity index is 1640. The maximum atomic E-state index is 13.8. The number of ether oxygens (including phenoxy) is 1. The topological polar surface area (TPSA) is 72.6 Å². The Hall–Kier alpha value is -5.30. The molecule has 0 radical (unpaired) electrons. The standard InChI is InChI=1S/C31H23N5O2/c1-38-27-16-14-22(15-17-27)29-24(21-35(33-29)25-10-4-2-5-11-25)19-28-30(23-9-8-18-32-20-23)34-36(31(28)37)26-12-6-3-7-13-26/h2-21H,1H3. The van der Waals surface area contributed by atoms with Crippen molar-refractivity contribution >= 4 is 23.4 Å². The van der Waals surface area contributed by atoms with Crippen LogP contribution in [0.25, 0.3) is 23.0 Å². The molecule has 2 aromatic heterocycles. The van der Waals surface area contributed by atoms with Crippen LogP contribution in [0.2, 0.25) is 0 Å². The molecule has 1 aliphatic rings. The Labute approximate surface area is 220 Å². The van der Waals surface area contributed by atoms with Gasteiger partial charge in [0.2, 0.25) is 0 Å². The van der Waals surface area contributed by atoms with Gasteiger partial charge in [0, 0.05) is 35.3 Å². The summed E-state index contributed by atoms with van der Waals surface area (Å²) in [5.41, 5.74) is 5.80. The lowest BCUT2D eigenvalue weighted by molar-refractivity contribution is -0.114. The molecule has 7 nitrogen and oxygen atoms in total. The molecule has 0 unspecified atom stereocenters. The molecular weight excluding hydrogens is 474 g/mol. The summed E-state index contributed by atoms with van der Waals surface area (Å²) in [5.74, 6) is 0.537. The smallest absolute Gasteiger partial charge is 0.281 e. The Morgan fingerprint density at radius 2 is 1.50 bits per heavy atom. The highest BCUT2D eigenvalue weighted by Crippen LogP contribution is 2.31. The van der Waals surface area contributed by atoms with Crippen LogP contribution in [0, 0.1) is 0 Å². The second-order valence-electron chi connectivity index (χ2n) is 8.64. The summed E-state index contributed by atoms with van der Waals surface area (Å²) >= 11 is 0. The van der Waals surface area contributed by atoms with Gasteiger partial charge in [-0.15, -0.1) is 0 Å². The first-order valence-electron chi connectivity index (χ1n) is 12.1. The van der Waals surface area contributed by atoms with Crippen LogP contribution >= 0.6 is 0 Å². The van der Waals surface area contributed by atoms with Gasteiger partial charge >= 0.3 is 0 Å². The van der Waals surface area contributed by atoms with E-state index in [1.807, 2.05) is 114 Å². The van der Waals surface area contributed by atoms with Crippen molar-refractivity contribution in [2.24, 2.45) is 5.10 Å². The van der Waals surface area contributed by atoms with Crippen LogP contribution in [0.5, 0.6) is 5.75 Å². The highest BCUT2D eigenvalue weighted by atomic mass is 16.5. The molecule has 1 aliphatic heterocycles. The molecule has 0 bridgehead atoms. The Kier molecular flexibility index (Phi) is 6.08. The molecule has 0 fully saturated rings. The number of hydrazone groups is 1. The number of hydrogen-bond donors (Lipinski definition) is 0. The van der Waals surface area contributed by atoms with Crippen LogP contribution in [-0.4, -0.2) is 33.5 Å². The molecule has 0 spiro atoms. The lowest BCUT2D eigenvalue weighted by atomic mass is 10.00. The van der Waals surface area contributed by atoms with Crippen LogP contribution < -0.4 is 9.75 Å². The normalized spacial score (nSPS) is 14.1. The molecule has 184 valence electrons. The molecule has 38 heavy (non-hydrogen) atoms. The number of methoxy groups -OCH3 is 1. The Morgan fingerprint density at radius 3 is 2.16 bits per heavy atom. The van der Waals surface area contributed by atoms with Gasteiger partial charge in [0.1, 0.15) is 11.5 Å². The number of nitrogens with zero attached hydrogens (tertiary/aromatic N) is 5. The van der Waals surface area contributed by atoms with E-state index in [2.05, 4.69) is 4.98 Å². The molecular formula is C31H23N5O2. The van der Waals surface area contributed by atoms with Gasteiger partial charge < -0.3 is 4.74 Å². The summed E-state index contributed by atoms with van der Waals surface area (Å²) < 4.78 is 7.16. The molecule has 1 amide bonds. The number of anilines is 1. The zero-order valence-corrected chi connectivity index (χ0v) is 20.6. The third-order valence-corrected chi connectivity index (χ3v) is 6.24. The van der Waals surface area contributed by atoms with Crippen molar-refractivity contribution in [3.8, 4) is 22.7 Å². The molecule has 0 saturated heterocycles. The van der Waals surface area contributed by atoms with E-state index in [9.17, 15) is 4.79 Å².